The number of benzene rings is 1. The molecule has 1 rings (SSSR count). The number of nitrogens with one attached hydrogen (secondary N) is 1. The molecule has 0 fully saturated rings. The smallest absolute Gasteiger partial charge is 0.222 e. The number of nitrogens with two attached hydrogens (primary N) is 1. The Balaban J connectivity index is 0.00000400. The Bertz CT molecular complexity index is 449. The molecule has 0 spiro atoms. The van der Waals surface area contributed by atoms with Crippen LogP contribution in [0, 0.1) is 0 Å². The van der Waals surface area contributed by atoms with Gasteiger partial charge in [-0.25, -0.2) is 0 Å². The van der Waals surface area contributed by atoms with Crippen LogP contribution in [0.5, 0.6) is 0 Å². The van der Waals surface area contributed by atoms with Crippen molar-refractivity contribution in [2.24, 2.45) is 5.73 Å². The summed E-state index contributed by atoms with van der Waals surface area (Å²) in [5.41, 5.74) is 6.40. The molecule has 1 aromatic carbocycles. The van der Waals surface area contributed by atoms with Gasteiger partial charge in [0.1, 0.15) is 0 Å². The summed E-state index contributed by atoms with van der Waals surface area (Å²) in [4.78, 5) is 11.8. The van der Waals surface area contributed by atoms with Crippen molar-refractivity contribution in [2.45, 2.75) is 31.8 Å². The Morgan fingerprint density at radius 1 is 1.48 bits per heavy atom. The van der Waals surface area contributed by atoms with Crippen LogP contribution in [0.15, 0.2) is 24.3 Å². The van der Waals surface area contributed by atoms with E-state index >= 15 is 0 Å². The normalized spacial score (nSPS) is 12.4. The largest absolute Gasteiger partial charge is 0.380 e. The first-order valence-corrected chi connectivity index (χ1v) is 7.02. The molecule has 0 bridgehead atoms. The Morgan fingerprint density at radius 2 is 2.14 bits per heavy atom. The van der Waals surface area contributed by atoms with Gasteiger partial charge in [-0.05, 0) is 17.7 Å². The quantitative estimate of drug-likeness (QED) is 0.805. The zero-order valence-electron chi connectivity index (χ0n) is 12.7. The zero-order chi connectivity index (χ0) is 15.2. The maximum atomic E-state index is 11.8. The number of halogens is 2. The van der Waals surface area contributed by atoms with Gasteiger partial charge in [-0.1, -0.05) is 37.6 Å². The summed E-state index contributed by atoms with van der Waals surface area (Å²) in [6.45, 7) is 5.00. The standard InChI is InChI=1S/C15H23ClN2O2.ClH/c1-15(2,11-5-4-6-12(16)7-11)10-18-14(19)8-13(9-17)20-3;/h4-7,13H,8-10,17H2,1-3H3,(H,18,19);1H. The number of rotatable bonds is 7. The molecule has 0 aliphatic rings. The van der Waals surface area contributed by atoms with E-state index < -0.39 is 0 Å². The topological polar surface area (TPSA) is 64.3 Å². The molecule has 0 aliphatic carbocycles. The van der Waals surface area contributed by atoms with Crippen molar-refractivity contribution in [1.29, 1.82) is 0 Å². The molecule has 3 N–H and O–H groups in total. The fraction of sp³-hybridized carbons (Fsp3) is 0.533. The molecule has 21 heavy (non-hydrogen) atoms. The van der Waals surface area contributed by atoms with Crippen molar-refractivity contribution in [3.8, 4) is 0 Å². The minimum Gasteiger partial charge on any atom is -0.380 e. The molecule has 0 radical (unpaired) electrons. The maximum Gasteiger partial charge on any atom is 0.222 e. The minimum atomic E-state index is -0.232. The van der Waals surface area contributed by atoms with Gasteiger partial charge in [-0.3, -0.25) is 4.79 Å². The molecule has 0 aromatic heterocycles. The highest BCUT2D eigenvalue weighted by Gasteiger charge is 2.22. The van der Waals surface area contributed by atoms with Crippen molar-refractivity contribution in [2.75, 3.05) is 20.2 Å². The summed E-state index contributed by atoms with van der Waals surface area (Å²) in [6.07, 6.45) is 0.0443. The monoisotopic (exact) mass is 334 g/mol. The van der Waals surface area contributed by atoms with E-state index in [0.717, 1.165) is 5.56 Å². The van der Waals surface area contributed by atoms with Gasteiger partial charge < -0.3 is 15.8 Å². The van der Waals surface area contributed by atoms with E-state index in [1.165, 1.54) is 0 Å². The molecule has 0 saturated carbocycles. The van der Waals surface area contributed by atoms with Crippen LogP contribution in [0.2, 0.25) is 5.02 Å². The zero-order valence-corrected chi connectivity index (χ0v) is 14.3. The number of hydrogen-bond acceptors (Lipinski definition) is 3. The van der Waals surface area contributed by atoms with E-state index in [1.54, 1.807) is 7.11 Å². The molecular formula is C15H24Cl2N2O2. The first-order valence-electron chi connectivity index (χ1n) is 6.64. The van der Waals surface area contributed by atoms with Gasteiger partial charge in [0.25, 0.3) is 0 Å². The molecule has 0 aliphatic heterocycles. The summed E-state index contributed by atoms with van der Waals surface area (Å²) < 4.78 is 5.10. The van der Waals surface area contributed by atoms with Gasteiger partial charge in [0.15, 0.2) is 0 Å². The van der Waals surface area contributed by atoms with Gasteiger partial charge in [-0.2, -0.15) is 0 Å². The SMILES string of the molecule is COC(CN)CC(=O)NCC(C)(C)c1cccc(Cl)c1.Cl. The number of amides is 1. The van der Waals surface area contributed by atoms with Crippen molar-refractivity contribution in [1.82, 2.24) is 5.32 Å². The Hall–Kier alpha value is -0.810. The predicted octanol–water partition coefficient (Wildman–Crippen LogP) is 2.52. The average molecular weight is 335 g/mol. The molecular weight excluding hydrogens is 311 g/mol. The third kappa shape index (κ3) is 6.66. The van der Waals surface area contributed by atoms with E-state index in [9.17, 15) is 4.79 Å². The fourth-order valence-corrected chi connectivity index (χ4v) is 2.06. The van der Waals surface area contributed by atoms with Gasteiger partial charge in [0.05, 0.1) is 12.5 Å². The summed E-state index contributed by atoms with van der Waals surface area (Å²) in [5.74, 6) is -0.0580. The molecule has 120 valence electrons. The highest BCUT2D eigenvalue weighted by atomic mass is 35.5. The summed E-state index contributed by atoms with van der Waals surface area (Å²) in [7, 11) is 1.56. The van der Waals surface area contributed by atoms with Crippen LogP contribution < -0.4 is 11.1 Å². The molecule has 0 saturated heterocycles. The molecule has 1 atom stereocenters. The Kier molecular flexibility index (Phi) is 8.90. The number of carbonyl (C=O) groups excluding carboxylic acids is 1. The van der Waals surface area contributed by atoms with Gasteiger partial charge in [0.2, 0.25) is 5.91 Å². The number of hydrogen-bond donors (Lipinski definition) is 2. The van der Waals surface area contributed by atoms with Gasteiger partial charge >= 0.3 is 0 Å². The second-order valence-corrected chi connectivity index (χ2v) is 5.90. The van der Waals surface area contributed by atoms with Gasteiger partial charge in [-0.15, -0.1) is 12.4 Å². The molecule has 0 heterocycles. The van der Waals surface area contributed by atoms with E-state index in [1.807, 2.05) is 24.3 Å². The lowest BCUT2D eigenvalue weighted by molar-refractivity contribution is -0.123. The molecule has 1 unspecified atom stereocenters. The highest BCUT2D eigenvalue weighted by molar-refractivity contribution is 6.30. The van der Waals surface area contributed by atoms with Gasteiger partial charge in [0, 0.05) is 30.6 Å². The highest BCUT2D eigenvalue weighted by Crippen LogP contribution is 2.24. The second-order valence-electron chi connectivity index (χ2n) is 5.47. The Morgan fingerprint density at radius 3 is 2.67 bits per heavy atom. The molecule has 4 nitrogen and oxygen atoms in total. The summed E-state index contributed by atoms with van der Waals surface area (Å²) >= 11 is 6.00. The average Bonchev–Trinajstić information content (AvgIpc) is 2.42. The van der Waals surface area contributed by atoms with E-state index in [2.05, 4.69) is 19.2 Å². The lowest BCUT2D eigenvalue weighted by Gasteiger charge is -2.26. The van der Waals surface area contributed by atoms with Crippen LogP contribution in [0.3, 0.4) is 0 Å². The molecule has 1 aromatic rings. The number of methoxy groups -OCH3 is 1. The summed E-state index contributed by atoms with van der Waals surface area (Å²) in [6, 6.07) is 7.68. The van der Waals surface area contributed by atoms with Crippen LogP contribution in [0.25, 0.3) is 0 Å². The number of carbonyl (C=O) groups is 1. The van der Waals surface area contributed by atoms with Crippen molar-refractivity contribution in [3.63, 3.8) is 0 Å². The third-order valence-corrected chi connectivity index (χ3v) is 3.58. The Labute approximate surface area is 137 Å². The predicted molar refractivity (Wildman–Crippen MR) is 89.2 cm³/mol. The van der Waals surface area contributed by atoms with Crippen LogP contribution in [-0.2, 0) is 14.9 Å². The van der Waals surface area contributed by atoms with Crippen molar-refractivity contribution >= 4 is 29.9 Å². The van der Waals surface area contributed by atoms with E-state index in [-0.39, 0.29) is 36.3 Å². The fourth-order valence-electron chi connectivity index (χ4n) is 1.87. The first kappa shape index (κ1) is 20.2. The lowest BCUT2D eigenvalue weighted by Crippen LogP contribution is -2.39. The second kappa shape index (κ2) is 9.26. The van der Waals surface area contributed by atoms with Crippen molar-refractivity contribution in [3.05, 3.63) is 34.9 Å². The first-order chi connectivity index (χ1) is 9.39. The lowest BCUT2D eigenvalue weighted by atomic mass is 9.84. The maximum absolute atomic E-state index is 11.8. The van der Waals surface area contributed by atoms with E-state index in [0.29, 0.717) is 18.1 Å². The van der Waals surface area contributed by atoms with Crippen LogP contribution in [-0.4, -0.2) is 32.2 Å². The van der Waals surface area contributed by atoms with E-state index in [4.69, 9.17) is 22.1 Å². The third-order valence-electron chi connectivity index (χ3n) is 3.34. The van der Waals surface area contributed by atoms with Crippen LogP contribution >= 0.6 is 24.0 Å². The minimum absolute atomic E-state index is 0. The molecule has 1 amide bonds. The van der Waals surface area contributed by atoms with Crippen LogP contribution in [0.4, 0.5) is 0 Å². The molecule has 6 heteroatoms. The van der Waals surface area contributed by atoms with Crippen molar-refractivity contribution < 1.29 is 9.53 Å². The van der Waals surface area contributed by atoms with Crippen LogP contribution in [0.1, 0.15) is 25.8 Å². The number of ether oxygens (including phenoxy) is 1. The summed E-state index contributed by atoms with van der Waals surface area (Å²) in [5, 5.41) is 3.62.